The third kappa shape index (κ3) is 5.86. The second kappa shape index (κ2) is 9.04. The van der Waals surface area contributed by atoms with Crippen molar-refractivity contribution in [2.24, 2.45) is 0 Å². The molecule has 0 aromatic heterocycles. The molecule has 0 saturated carbocycles. The van der Waals surface area contributed by atoms with E-state index in [0.29, 0.717) is 12.0 Å². The molecule has 0 saturated heterocycles. The zero-order chi connectivity index (χ0) is 21.8. The highest BCUT2D eigenvalue weighted by Gasteiger charge is 2.35. The van der Waals surface area contributed by atoms with E-state index in [9.17, 15) is 31.8 Å². The Labute approximate surface area is 167 Å². The van der Waals surface area contributed by atoms with Crippen molar-refractivity contribution in [3.8, 4) is 22.6 Å². The van der Waals surface area contributed by atoms with Gasteiger partial charge in [-0.1, -0.05) is 49.6 Å². The minimum absolute atomic E-state index is 0.00651. The van der Waals surface area contributed by atoms with Crippen LogP contribution in [0.4, 0.5) is 13.2 Å². The quantitative estimate of drug-likeness (QED) is 0.449. The largest absolute Gasteiger partial charge is 0.507 e. The van der Waals surface area contributed by atoms with Crippen LogP contribution in [0.1, 0.15) is 37.3 Å². The number of halogens is 3. The predicted octanol–water partition coefficient (Wildman–Crippen LogP) is 5.07. The Morgan fingerprint density at radius 1 is 1.10 bits per heavy atom. The normalized spacial score (nSPS) is 12.3. The highest BCUT2D eigenvalue weighted by atomic mass is 32.2. The van der Waals surface area contributed by atoms with Crippen molar-refractivity contribution in [2.75, 3.05) is 6.61 Å². The molecule has 0 spiro atoms. The molecule has 2 rings (SSSR count). The molecule has 5 nitrogen and oxygen atoms in total. The maximum atomic E-state index is 12.6. The molecule has 9 heteroatoms. The summed E-state index contributed by atoms with van der Waals surface area (Å²) in [4.78, 5) is -0.743. The fourth-order valence-corrected chi connectivity index (χ4v) is 4.24. The van der Waals surface area contributed by atoms with E-state index in [4.69, 9.17) is 0 Å². The summed E-state index contributed by atoms with van der Waals surface area (Å²) < 4.78 is 66.8. The van der Waals surface area contributed by atoms with Crippen LogP contribution in [-0.4, -0.2) is 31.4 Å². The van der Waals surface area contributed by atoms with Crippen LogP contribution in [-0.2, 0) is 20.7 Å². The van der Waals surface area contributed by atoms with Crippen LogP contribution in [0, 0.1) is 6.92 Å². The van der Waals surface area contributed by atoms with Gasteiger partial charge in [0, 0.05) is 0 Å². The number of hydrogen-bond donors (Lipinski definition) is 2. The molecule has 0 aliphatic carbocycles. The second-order valence-electron chi connectivity index (χ2n) is 6.77. The molecule has 0 radical (unpaired) electrons. The molecule has 29 heavy (non-hydrogen) atoms. The Morgan fingerprint density at radius 2 is 1.79 bits per heavy atom. The summed E-state index contributed by atoms with van der Waals surface area (Å²) in [5, 5.41) is 21.2. The molecule has 0 fully saturated rings. The molecule has 0 atom stereocenters. The maximum absolute atomic E-state index is 12.6. The van der Waals surface area contributed by atoms with Crippen molar-refractivity contribution in [1.29, 1.82) is 0 Å². The highest BCUT2D eigenvalue weighted by molar-refractivity contribution is 7.87. The number of hydrogen-bond acceptors (Lipinski definition) is 5. The zero-order valence-corrected chi connectivity index (χ0v) is 16.9. The minimum atomic E-state index is -4.93. The highest BCUT2D eigenvalue weighted by Crippen LogP contribution is 2.44. The Balaban J connectivity index is 2.65. The number of rotatable bonds is 8. The summed E-state index contributed by atoms with van der Waals surface area (Å²) in [7, 11) is -4.93. The predicted molar refractivity (Wildman–Crippen MR) is 102 cm³/mol. The molecule has 2 aromatic rings. The summed E-state index contributed by atoms with van der Waals surface area (Å²) in [6.07, 6.45) is -2.62. The Bertz CT molecular complexity index is 969. The molecule has 0 aliphatic heterocycles. The van der Waals surface area contributed by atoms with Gasteiger partial charge >= 0.3 is 16.3 Å². The van der Waals surface area contributed by atoms with Gasteiger partial charge in [-0.2, -0.15) is 21.6 Å². The molecule has 160 valence electrons. The van der Waals surface area contributed by atoms with Gasteiger partial charge in [0.15, 0.2) is 6.61 Å². The lowest BCUT2D eigenvalue weighted by atomic mass is 9.97. The van der Waals surface area contributed by atoms with Gasteiger partial charge in [0.2, 0.25) is 0 Å². The zero-order valence-electron chi connectivity index (χ0n) is 16.1. The van der Waals surface area contributed by atoms with Crippen molar-refractivity contribution in [3.63, 3.8) is 0 Å². The molecule has 0 heterocycles. The lowest BCUT2D eigenvalue weighted by Gasteiger charge is -2.17. The summed E-state index contributed by atoms with van der Waals surface area (Å²) in [6, 6.07) is 7.73. The maximum Gasteiger partial charge on any atom is 0.413 e. The first-order valence-electron chi connectivity index (χ1n) is 9.07. The lowest BCUT2D eigenvalue weighted by Crippen LogP contribution is -2.21. The number of unbranched alkanes of at least 4 members (excludes halogenated alkanes) is 2. The summed E-state index contributed by atoms with van der Waals surface area (Å²) >= 11 is 0. The fraction of sp³-hybridized carbons (Fsp3) is 0.400. The third-order valence-electron chi connectivity index (χ3n) is 4.29. The minimum Gasteiger partial charge on any atom is -0.507 e. The number of alkyl halides is 3. The first-order valence-corrected chi connectivity index (χ1v) is 10.5. The van der Waals surface area contributed by atoms with E-state index < -0.39 is 33.5 Å². The van der Waals surface area contributed by atoms with Crippen LogP contribution >= 0.6 is 0 Å². The first kappa shape index (κ1) is 23.0. The van der Waals surface area contributed by atoms with Gasteiger partial charge < -0.3 is 10.2 Å². The van der Waals surface area contributed by atoms with E-state index in [2.05, 4.69) is 4.18 Å². The van der Waals surface area contributed by atoms with Gasteiger partial charge in [-0.3, -0.25) is 4.18 Å². The van der Waals surface area contributed by atoms with Crippen molar-refractivity contribution in [1.82, 2.24) is 0 Å². The molecule has 0 amide bonds. The lowest BCUT2D eigenvalue weighted by molar-refractivity contribution is -0.152. The van der Waals surface area contributed by atoms with E-state index >= 15 is 0 Å². The number of benzene rings is 2. The Hall–Kier alpha value is -2.26. The summed E-state index contributed by atoms with van der Waals surface area (Å²) in [5.74, 6) is -1.20. The molecule has 2 N–H and O–H groups in total. The van der Waals surface area contributed by atoms with Crippen LogP contribution in [0.25, 0.3) is 11.1 Å². The van der Waals surface area contributed by atoms with Gasteiger partial charge in [-0.15, -0.1) is 0 Å². The van der Waals surface area contributed by atoms with Crippen molar-refractivity contribution in [3.05, 3.63) is 41.5 Å². The molecule has 0 bridgehead atoms. The summed E-state index contributed by atoms with van der Waals surface area (Å²) in [6.45, 7) is 1.69. The van der Waals surface area contributed by atoms with Crippen molar-refractivity contribution >= 4 is 10.1 Å². The topological polar surface area (TPSA) is 83.8 Å². The monoisotopic (exact) mass is 432 g/mol. The SMILES string of the molecule is CCCCCc1cc(O)c(-c2cccc(C)c2)c(O)c1S(=O)(=O)OCC(F)(F)F. The van der Waals surface area contributed by atoms with Gasteiger partial charge in [0.1, 0.15) is 16.4 Å². The number of aromatic hydroxyl groups is 2. The first-order chi connectivity index (χ1) is 13.5. The standard InChI is InChI=1S/C20H23F3O5S/c1-3-4-5-8-15-11-16(24)17(14-9-6-7-13(2)10-14)18(25)19(15)29(26,27)28-12-20(21,22)23/h6-7,9-11,24-25H,3-5,8,12H2,1-2H3. The Morgan fingerprint density at radius 3 is 2.38 bits per heavy atom. The Kier molecular flexibility index (Phi) is 7.18. The van der Waals surface area contributed by atoms with E-state index in [-0.39, 0.29) is 23.3 Å². The van der Waals surface area contributed by atoms with Gasteiger partial charge in [-0.05, 0) is 37.0 Å². The smallest absolute Gasteiger partial charge is 0.413 e. The van der Waals surface area contributed by atoms with Crippen molar-refractivity contribution in [2.45, 2.75) is 50.6 Å². The van der Waals surface area contributed by atoms with E-state index in [0.717, 1.165) is 24.5 Å². The molecule has 0 unspecified atom stereocenters. The van der Waals surface area contributed by atoms with E-state index in [1.807, 2.05) is 6.92 Å². The van der Waals surface area contributed by atoms with Crippen LogP contribution < -0.4 is 0 Å². The van der Waals surface area contributed by atoms with E-state index in [1.165, 1.54) is 0 Å². The average molecular weight is 432 g/mol. The third-order valence-corrected chi connectivity index (χ3v) is 5.68. The molecular weight excluding hydrogens is 409 g/mol. The molecule has 0 aliphatic rings. The van der Waals surface area contributed by atoms with Gasteiger partial charge in [0.05, 0.1) is 5.56 Å². The molecule has 2 aromatic carbocycles. The van der Waals surface area contributed by atoms with Crippen LogP contribution in [0.3, 0.4) is 0 Å². The van der Waals surface area contributed by atoms with Crippen LogP contribution in [0.15, 0.2) is 35.2 Å². The number of phenolic OH excluding ortho intramolecular Hbond substituents is 2. The second-order valence-corrected chi connectivity index (χ2v) is 8.32. The van der Waals surface area contributed by atoms with Gasteiger partial charge in [0.25, 0.3) is 0 Å². The van der Waals surface area contributed by atoms with Gasteiger partial charge in [-0.25, -0.2) is 0 Å². The van der Waals surface area contributed by atoms with Crippen molar-refractivity contribution < 1.29 is 36.0 Å². The van der Waals surface area contributed by atoms with E-state index in [1.54, 1.807) is 31.2 Å². The fourth-order valence-electron chi connectivity index (χ4n) is 3.01. The number of phenols is 2. The average Bonchev–Trinajstić information content (AvgIpc) is 2.59. The van der Waals surface area contributed by atoms with Crippen LogP contribution in [0.2, 0.25) is 0 Å². The molecular formula is C20H23F3O5S. The van der Waals surface area contributed by atoms with Crippen LogP contribution in [0.5, 0.6) is 11.5 Å². The summed E-state index contributed by atoms with van der Waals surface area (Å²) in [5.41, 5.74) is 0.938. The number of aryl methyl sites for hydroxylation is 2.